The van der Waals surface area contributed by atoms with E-state index in [1.807, 2.05) is 30.3 Å². The van der Waals surface area contributed by atoms with Crippen LogP contribution in [-0.4, -0.2) is 39.3 Å². The third-order valence-corrected chi connectivity index (χ3v) is 4.30. The van der Waals surface area contributed by atoms with Crippen LogP contribution < -0.4 is 0 Å². The number of hydrogen-bond donors (Lipinski definition) is 0. The molecule has 1 aliphatic rings. The predicted octanol–water partition coefficient (Wildman–Crippen LogP) is 2.36. The van der Waals surface area contributed by atoms with Crippen molar-refractivity contribution in [2.24, 2.45) is 5.92 Å². The molecule has 0 atom stereocenters. The zero-order valence-electron chi connectivity index (χ0n) is 12.9. The van der Waals surface area contributed by atoms with E-state index in [0.29, 0.717) is 12.5 Å². The Labute approximate surface area is 132 Å². The van der Waals surface area contributed by atoms with Gasteiger partial charge in [-0.3, -0.25) is 4.18 Å². The highest BCUT2D eigenvalue weighted by molar-refractivity contribution is 7.85. The third-order valence-electron chi connectivity index (χ3n) is 3.73. The topological polar surface area (TPSA) is 55.8 Å². The molecule has 5 nitrogen and oxygen atoms in total. The van der Waals surface area contributed by atoms with E-state index in [1.165, 1.54) is 0 Å². The van der Waals surface area contributed by atoms with Gasteiger partial charge in [0.1, 0.15) is 6.61 Å². The summed E-state index contributed by atoms with van der Waals surface area (Å²) in [6, 6.07) is 9.97. The molecule has 0 saturated carbocycles. The van der Waals surface area contributed by atoms with Crippen LogP contribution in [0.1, 0.15) is 18.4 Å². The largest absolute Gasteiger partial charge is 0.475 e. The van der Waals surface area contributed by atoms with E-state index >= 15 is 0 Å². The number of likely N-dealkylation sites (tertiary alicyclic amines) is 1. The molecule has 6 heteroatoms. The lowest BCUT2D eigenvalue weighted by Gasteiger charge is -2.33. The molecule has 0 bridgehead atoms. The number of rotatable bonds is 7. The predicted molar refractivity (Wildman–Crippen MR) is 85.5 cm³/mol. The van der Waals surface area contributed by atoms with Gasteiger partial charge in [-0.1, -0.05) is 30.3 Å². The van der Waals surface area contributed by atoms with Crippen molar-refractivity contribution in [3.63, 3.8) is 0 Å². The number of piperidine rings is 1. The van der Waals surface area contributed by atoms with Gasteiger partial charge in [-0.2, -0.15) is 8.42 Å². The van der Waals surface area contributed by atoms with E-state index in [-0.39, 0.29) is 12.5 Å². The van der Waals surface area contributed by atoms with Gasteiger partial charge in [0, 0.05) is 13.1 Å². The second kappa shape index (κ2) is 7.65. The quantitative estimate of drug-likeness (QED) is 0.569. The van der Waals surface area contributed by atoms with Gasteiger partial charge in [-0.15, -0.1) is 0 Å². The maximum Gasteiger partial charge on any atom is 0.264 e. The Balaban J connectivity index is 1.71. The first kappa shape index (κ1) is 16.8. The molecular formula is C16H23NO4S. The summed E-state index contributed by atoms with van der Waals surface area (Å²) in [5.41, 5.74) is 1.11. The summed E-state index contributed by atoms with van der Waals surface area (Å²) >= 11 is 0. The number of hydrogen-bond acceptors (Lipinski definition) is 5. The molecule has 122 valence electrons. The molecule has 0 radical (unpaired) electrons. The van der Waals surface area contributed by atoms with Gasteiger partial charge in [-0.05, 0) is 30.9 Å². The zero-order valence-corrected chi connectivity index (χ0v) is 13.7. The van der Waals surface area contributed by atoms with Crippen LogP contribution in [0.3, 0.4) is 0 Å². The van der Waals surface area contributed by atoms with Crippen molar-refractivity contribution in [2.45, 2.75) is 19.4 Å². The average molecular weight is 325 g/mol. The van der Waals surface area contributed by atoms with Crippen LogP contribution in [0.25, 0.3) is 0 Å². The molecule has 0 amide bonds. The van der Waals surface area contributed by atoms with Crippen molar-refractivity contribution in [3.05, 3.63) is 48.4 Å². The molecule has 1 heterocycles. The van der Waals surface area contributed by atoms with Gasteiger partial charge in [0.15, 0.2) is 5.88 Å². The summed E-state index contributed by atoms with van der Waals surface area (Å²) in [5.74, 6) is 0.944. The van der Waals surface area contributed by atoms with Gasteiger partial charge in [0.2, 0.25) is 0 Å². The van der Waals surface area contributed by atoms with Gasteiger partial charge in [0.25, 0.3) is 10.1 Å². The number of ether oxygens (including phenoxy) is 1. The van der Waals surface area contributed by atoms with E-state index in [0.717, 1.165) is 37.8 Å². The Morgan fingerprint density at radius 3 is 2.50 bits per heavy atom. The first-order valence-corrected chi connectivity index (χ1v) is 9.20. The monoisotopic (exact) mass is 325 g/mol. The van der Waals surface area contributed by atoms with Crippen molar-refractivity contribution >= 4 is 10.1 Å². The fourth-order valence-corrected chi connectivity index (χ4v) is 2.84. The smallest absolute Gasteiger partial charge is 0.264 e. The molecule has 0 spiro atoms. The molecule has 1 aromatic carbocycles. The minimum Gasteiger partial charge on any atom is -0.475 e. The van der Waals surface area contributed by atoms with Gasteiger partial charge < -0.3 is 9.64 Å². The normalized spacial score (nSPS) is 16.5. The lowest BCUT2D eigenvalue weighted by molar-refractivity contribution is 0.0723. The Hall–Kier alpha value is -1.53. The average Bonchev–Trinajstić information content (AvgIpc) is 2.51. The van der Waals surface area contributed by atoms with E-state index in [2.05, 4.69) is 11.5 Å². The lowest BCUT2D eigenvalue weighted by atomic mass is 9.98. The number of nitrogens with zero attached hydrogens (tertiary/aromatic N) is 1. The van der Waals surface area contributed by atoms with Gasteiger partial charge in [-0.25, -0.2) is 0 Å². The molecule has 0 aliphatic carbocycles. The Morgan fingerprint density at radius 1 is 1.27 bits per heavy atom. The van der Waals surface area contributed by atoms with Crippen LogP contribution in [0, 0.1) is 5.92 Å². The van der Waals surface area contributed by atoms with Crippen molar-refractivity contribution in [1.82, 2.24) is 4.90 Å². The Morgan fingerprint density at radius 2 is 1.91 bits per heavy atom. The van der Waals surface area contributed by atoms with E-state index < -0.39 is 10.1 Å². The van der Waals surface area contributed by atoms with Crippen molar-refractivity contribution < 1.29 is 17.3 Å². The minimum absolute atomic E-state index is 0.268. The first-order chi connectivity index (χ1) is 10.4. The second-order valence-corrected chi connectivity index (χ2v) is 7.23. The molecule has 22 heavy (non-hydrogen) atoms. The van der Waals surface area contributed by atoms with Crippen LogP contribution in [0.4, 0.5) is 0 Å². The maximum atomic E-state index is 11.0. The van der Waals surface area contributed by atoms with Crippen LogP contribution >= 0.6 is 0 Å². The summed E-state index contributed by atoms with van der Waals surface area (Å²) < 4.78 is 32.6. The molecular weight excluding hydrogens is 302 g/mol. The fraction of sp³-hybridized carbons (Fsp3) is 0.500. The first-order valence-electron chi connectivity index (χ1n) is 7.39. The minimum atomic E-state index is -3.35. The molecule has 0 unspecified atom stereocenters. The van der Waals surface area contributed by atoms with E-state index in [9.17, 15) is 8.42 Å². The number of benzene rings is 1. The fourth-order valence-electron chi connectivity index (χ4n) is 2.40. The highest BCUT2D eigenvalue weighted by Gasteiger charge is 2.22. The molecule has 1 aromatic rings. The van der Waals surface area contributed by atoms with Crippen LogP contribution in [-0.2, 0) is 25.6 Å². The summed E-state index contributed by atoms with van der Waals surface area (Å²) in [6.45, 7) is 6.38. The summed E-state index contributed by atoms with van der Waals surface area (Å²) in [6.07, 6.45) is 2.84. The van der Waals surface area contributed by atoms with Crippen LogP contribution in [0.15, 0.2) is 42.8 Å². The second-order valence-electron chi connectivity index (χ2n) is 5.59. The van der Waals surface area contributed by atoms with Crippen molar-refractivity contribution in [2.75, 3.05) is 26.0 Å². The van der Waals surface area contributed by atoms with Crippen molar-refractivity contribution in [3.8, 4) is 0 Å². The van der Waals surface area contributed by atoms with Gasteiger partial charge in [0.05, 0.1) is 12.9 Å². The summed E-state index contributed by atoms with van der Waals surface area (Å²) in [7, 11) is -3.35. The maximum absolute atomic E-state index is 11.0. The van der Waals surface area contributed by atoms with Crippen LogP contribution in [0.2, 0.25) is 0 Å². The SMILES string of the molecule is C=C(OCc1ccccc1)N1CCC(COS(C)(=O)=O)CC1. The molecule has 0 aromatic heterocycles. The highest BCUT2D eigenvalue weighted by Crippen LogP contribution is 2.21. The van der Waals surface area contributed by atoms with Crippen molar-refractivity contribution in [1.29, 1.82) is 0 Å². The standard InChI is InChI=1S/C16H23NO4S/c1-14(20-12-15-6-4-3-5-7-15)17-10-8-16(9-11-17)13-21-22(2,18)19/h3-7,16H,1,8-13H2,2H3. The Kier molecular flexibility index (Phi) is 5.85. The van der Waals surface area contributed by atoms with Crippen LogP contribution in [0.5, 0.6) is 0 Å². The van der Waals surface area contributed by atoms with E-state index in [4.69, 9.17) is 8.92 Å². The lowest BCUT2D eigenvalue weighted by Crippen LogP contribution is -2.35. The Bertz CT molecular complexity index is 577. The highest BCUT2D eigenvalue weighted by atomic mass is 32.2. The summed E-state index contributed by atoms with van der Waals surface area (Å²) in [4.78, 5) is 2.10. The van der Waals surface area contributed by atoms with Gasteiger partial charge >= 0.3 is 0 Å². The third kappa shape index (κ3) is 5.69. The molecule has 1 aliphatic heterocycles. The molecule has 2 rings (SSSR count). The summed E-state index contributed by atoms with van der Waals surface area (Å²) in [5, 5.41) is 0. The molecule has 1 saturated heterocycles. The zero-order chi connectivity index (χ0) is 16.0. The molecule has 1 fully saturated rings. The molecule has 0 N–H and O–H groups in total. The van der Waals surface area contributed by atoms with E-state index in [1.54, 1.807) is 0 Å².